The van der Waals surface area contributed by atoms with Gasteiger partial charge in [-0.1, -0.05) is 48.9 Å². The highest BCUT2D eigenvalue weighted by Crippen LogP contribution is 2.35. The third-order valence-electron chi connectivity index (χ3n) is 6.12. The van der Waals surface area contributed by atoms with E-state index in [9.17, 15) is 4.79 Å². The van der Waals surface area contributed by atoms with Gasteiger partial charge in [0.05, 0.1) is 29.4 Å². The Morgan fingerprint density at radius 2 is 1.84 bits per heavy atom. The summed E-state index contributed by atoms with van der Waals surface area (Å²) in [7, 11) is 0. The van der Waals surface area contributed by atoms with Crippen LogP contribution in [0.3, 0.4) is 0 Å². The van der Waals surface area contributed by atoms with Crippen molar-refractivity contribution in [2.24, 2.45) is 0 Å². The quantitative estimate of drug-likeness (QED) is 0.485. The van der Waals surface area contributed by atoms with E-state index in [0.717, 1.165) is 35.5 Å². The third-order valence-corrected chi connectivity index (χ3v) is 6.12. The van der Waals surface area contributed by atoms with Crippen LogP contribution >= 0.6 is 0 Å². The van der Waals surface area contributed by atoms with Crippen LogP contribution in [0.4, 0.5) is 5.69 Å². The second-order valence-corrected chi connectivity index (χ2v) is 8.31. The molecule has 3 aromatic rings. The molecule has 1 aromatic heterocycles. The Hall–Kier alpha value is -3.49. The van der Waals surface area contributed by atoms with Crippen molar-refractivity contribution in [3.8, 4) is 6.07 Å². The summed E-state index contributed by atoms with van der Waals surface area (Å²) in [6.07, 6.45) is 6.31. The Kier molecular flexibility index (Phi) is 7.27. The van der Waals surface area contributed by atoms with Crippen molar-refractivity contribution in [2.45, 2.75) is 37.5 Å². The fourth-order valence-corrected chi connectivity index (χ4v) is 3.93. The number of carbonyl (C=O) groups is 1. The molecule has 4 rings (SSSR count). The van der Waals surface area contributed by atoms with Crippen molar-refractivity contribution in [3.05, 3.63) is 95.3 Å². The van der Waals surface area contributed by atoms with E-state index in [2.05, 4.69) is 21.7 Å². The second-order valence-electron chi connectivity index (χ2n) is 8.31. The number of aromatic nitrogens is 1. The Labute approximate surface area is 189 Å². The van der Waals surface area contributed by atoms with Crippen LogP contribution in [0.1, 0.15) is 53.5 Å². The van der Waals surface area contributed by atoms with Crippen LogP contribution in [0.25, 0.3) is 0 Å². The lowest BCUT2D eigenvalue weighted by Crippen LogP contribution is -2.32. The maximum absolute atomic E-state index is 13.1. The second kappa shape index (κ2) is 10.7. The van der Waals surface area contributed by atoms with Crippen LogP contribution in [-0.2, 0) is 11.2 Å². The first-order valence-electron chi connectivity index (χ1n) is 11.2. The van der Waals surface area contributed by atoms with Gasteiger partial charge in [0.15, 0.2) is 0 Å². The number of benzene rings is 2. The summed E-state index contributed by atoms with van der Waals surface area (Å²) in [6, 6.07) is 23.6. The van der Waals surface area contributed by atoms with Gasteiger partial charge in [-0.05, 0) is 61.2 Å². The standard InChI is InChI=1S/C27H28N4O/c28-17-21-11-9-20(10-12-21)15-16-29-19-25(22-5-2-1-3-6-22)27(32)31-24-13-14-26(30-18-24)23-7-4-8-23/h1-3,5-6,9-14,18,23,25,29H,4,7-8,15-16,19H2,(H,31,32). The minimum atomic E-state index is -0.302. The zero-order valence-electron chi connectivity index (χ0n) is 18.1. The Bertz CT molecular complexity index is 1050. The Balaban J connectivity index is 1.35. The molecule has 5 heteroatoms. The highest BCUT2D eigenvalue weighted by molar-refractivity contribution is 5.95. The van der Waals surface area contributed by atoms with Gasteiger partial charge < -0.3 is 10.6 Å². The molecule has 2 aromatic carbocycles. The normalized spacial score (nSPS) is 14.2. The number of carbonyl (C=O) groups excluding carboxylic acids is 1. The largest absolute Gasteiger partial charge is 0.324 e. The predicted octanol–water partition coefficient (Wildman–Crippen LogP) is 4.78. The molecular formula is C27H28N4O. The van der Waals surface area contributed by atoms with Crippen LogP contribution in [0.15, 0.2) is 72.9 Å². The Morgan fingerprint density at radius 3 is 2.47 bits per heavy atom. The van der Waals surface area contributed by atoms with Crippen molar-refractivity contribution < 1.29 is 4.79 Å². The molecule has 1 fully saturated rings. The third kappa shape index (κ3) is 5.60. The predicted molar refractivity (Wildman–Crippen MR) is 126 cm³/mol. The molecule has 0 radical (unpaired) electrons. The molecule has 2 N–H and O–H groups in total. The number of rotatable bonds is 9. The van der Waals surface area contributed by atoms with Crippen LogP contribution in [0.5, 0.6) is 0 Å². The summed E-state index contributed by atoms with van der Waals surface area (Å²) >= 11 is 0. The number of amides is 1. The molecule has 32 heavy (non-hydrogen) atoms. The summed E-state index contributed by atoms with van der Waals surface area (Å²) in [4.78, 5) is 17.7. The number of anilines is 1. The number of hydrogen-bond acceptors (Lipinski definition) is 4. The molecule has 1 atom stereocenters. The van der Waals surface area contributed by atoms with Crippen molar-refractivity contribution in [1.29, 1.82) is 5.26 Å². The molecule has 1 amide bonds. The van der Waals surface area contributed by atoms with Gasteiger partial charge in [-0.2, -0.15) is 5.26 Å². The molecule has 1 unspecified atom stereocenters. The van der Waals surface area contributed by atoms with E-state index in [1.807, 2.05) is 66.7 Å². The zero-order chi connectivity index (χ0) is 22.2. The molecule has 162 valence electrons. The van der Waals surface area contributed by atoms with E-state index in [1.54, 1.807) is 6.20 Å². The smallest absolute Gasteiger partial charge is 0.233 e. The van der Waals surface area contributed by atoms with Gasteiger partial charge in [0.2, 0.25) is 5.91 Å². The lowest BCUT2D eigenvalue weighted by Gasteiger charge is -2.24. The average Bonchev–Trinajstić information content (AvgIpc) is 2.80. The molecule has 0 saturated heterocycles. The van der Waals surface area contributed by atoms with E-state index in [-0.39, 0.29) is 11.8 Å². The topological polar surface area (TPSA) is 77.8 Å². The first-order valence-corrected chi connectivity index (χ1v) is 11.2. The summed E-state index contributed by atoms with van der Waals surface area (Å²) in [6.45, 7) is 1.29. The summed E-state index contributed by atoms with van der Waals surface area (Å²) in [5.41, 5.74) is 4.66. The zero-order valence-corrected chi connectivity index (χ0v) is 18.1. The lowest BCUT2D eigenvalue weighted by atomic mass is 9.83. The lowest BCUT2D eigenvalue weighted by molar-refractivity contribution is -0.117. The minimum Gasteiger partial charge on any atom is -0.324 e. The van der Waals surface area contributed by atoms with Crippen molar-refractivity contribution >= 4 is 11.6 Å². The summed E-state index contributed by atoms with van der Waals surface area (Å²) in [5.74, 6) is 0.237. The summed E-state index contributed by atoms with van der Waals surface area (Å²) in [5, 5.41) is 15.4. The van der Waals surface area contributed by atoms with Gasteiger partial charge in [-0.25, -0.2) is 0 Å². The van der Waals surface area contributed by atoms with Gasteiger partial charge in [-0.15, -0.1) is 0 Å². The van der Waals surface area contributed by atoms with Crippen LogP contribution in [0.2, 0.25) is 0 Å². The van der Waals surface area contributed by atoms with Gasteiger partial charge in [0.1, 0.15) is 0 Å². The molecule has 0 bridgehead atoms. The van der Waals surface area contributed by atoms with E-state index >= 15 is 0 Å². The summed E-state index contributed by atoms with van der Waals surface area (Å²) < 4.78 is 0. The van der Waals surface area contributed by atoms with E-state index in [4.69, 9.17) is 5.26 Å². The SMILES string of the molecule is N#Cc1ccc(CCNCC(C(=O)Nc2ccc(C3CCC3)nc2)c2ccccc2)cc1. The molecule has 1 aliphatic carbocycles. The molecular weight excluding hydrogens is 396 g/mol. The average molecular weight is 425 g/mol. The van der Waals surface area contributed by atoms with Crippen LogP contribution in [0, 0.1) is 11.3 Å². The van der Waals surface area contributed by atoms with Gasteiger partial charge in [0, 0.05) is 18.2 Å². The van der Waals surface area contributed by atoms with Crippen molar-refractivity contribution in [1.82, 2.24) is 10.3 Å². The highest BCUT2D eigenvalue weighted by Gasteiger charge is 2.22. The number of nitrogens with zero attached hydrogens (tertiary/aromatic N) is 2. The maximum Gasteiger partial charge on any atom is 0.233 e. The number of hydrogen-bond donors (Lipinski definition) is 2. The number of pyridine rings is 1. The van der Waals surface area contributed by atoms with E-state index in [0.29, 0.717) is 18.0 Å². The van der Waals surface area contributed by atoms with Crippen LogP contribution < -0.4 is 10.6 Å². The molecule has 1 saturated carbocycles. The monoisotopic (exact) mass is 424 g/mol. The van der Waals surface area contributed by atoms with Gasteiger partial charge in [0.25, 0.3) is 0 Å². The first-order chi connectivity index (χ1) is 15.7. The fraction of sp³-hybridized carbons (Fsp3) is 0.296. The maximum atomic E-state index is 13.1. The van der Waals surface area contributed by atoms with Crippen molar-refractivity contribution in [2.75, 3.05) is 18.4 Å². The van der Waals surface area contributed by atoms with Gasteiger partial charge in [-0.3, -0.25) is 9.78 Å². The molecule has 5 nitrogen and oxygen atoms in total. The molecule has 1 aliphatic rings. The molecule has 0 spiro atoms. The first kappa shape index (κ1) is 21.7. The number of nitrogens with one attached hydrogen (secondary N) is 2. The number of nitriles is 1. The molecule has 1 heterocycles. The van der Waals surface area contributed by atoms with Crippen molar-refractivity contribution in [3.63, 3.8) is 0 Å². The highest BCUT2D eigenvalue weighted by atomic mass is 16.1. The van der Waals surface area contributed by atoms with E-state index in [1.165, 1.54) is 19.3 Å². The molecule has 0 aliphatic heterocycles. The Morgan fingerprint density at radius 1 is 1.06 bits per heavy atom. The van der Waals surface area contributed by atoms with Crippen LogP contribution in [-0.4, -0.2) is 24.0 Å². The van der Waals surface area contributed by atoms with E-state index < -0.39 is 0 Å². The fourth-order valence-electron chi connectivity index (χ4n) is 3.93. The minimum absolute atomic E-state index is 0.0414. The van der Waals surface area contributed by atoms with Gasteiger partial charge >= 0.3 is 0 Å².